The summed E-state index contributed by atoms with van der Waals surface area (Å²) in [7, 11) is 0. The molecule has 122 valence electrons. The normalized spacial score (nSPS) is 27.2. The molecule has 3 N–H and O–H groups in total. The first kappa shape index (κ1) is 16.0. The zero-order valence-corrected chi connectivity index (χ0v) is 12.9. The first-order chi connectivity index (χ1) is 11.0. The van der Waals surface area contributed by atoms with Gasteiger partial charge in [0, 0.05) is 23.6 Å². The van der Waals surface area contributed by atoms with Crippen molar-refractivity contribution in [3.05, 3.63) is 63.4 Å². The molecule has 1 aromatic carbocycles. The smallest absolute Gasteiger partial charge is 0.331 e. The van der Waals surface area contributed by atoms with Gasteiger partial charge in [-0.05, 0) is 12.1 Å². The van der Waals surface area contributed by atoms with Crippen molar-refractivity contribution in [2.75, 3.05) is 6.61 Å². The Hall–Kier alpha value is -1.87. The first-order valence-corrected chi connectivity index (χ1v) is 7.89. The van der Waals surface area contributed by atoms with Gasteiger partial charge >= 0.3 is 5.69 Å². The van der Waals surface area contributed by atoms with Crippen LogP contribution in [0.15, 0.2) is 57.1 Å². The van der Waals surface area contributed by atoms with Crippen LogP contribution in [0.4, 0.5) is 0 Å². The van der Waals surface area contributed by atoms with Crippen LogP contribution in [0.25, 0.3) is 0 Å². The van der Waals surface area contributed by atoms with E-state index in [1.807, 2.05) is 30.3 Å². The number of aliphatic hydroxyl groups is 2. The van der Waals surface area contributed by atoms with Crippen LogP contribution in [0.3, 0.4) is 0 Å². The van der Waals surface area contributed by atoms with Crippen LogP contribution < -0.4 is 11.2 Å². The number of rotatable bonds is 4. The second-order valence-corrected chi connectivity index (χ2v) is 6.53. The average molecular weight is 336 g/mol. The minimum atomic E-state index is -1.24. The van der Waals surface area contributed by atoms with Crippen LogP contribution in [0.2, 0.25) is 0 Å². The Morgan fingerprint density at radius 1 is 1.30 bits per heavy atom. The highest BCUT2D eigenvalue weighted by molar-refractivity contribution is 7.99. The molecule has 8 heteroatoms. The number of aromatic nitrogens is 2. The molecule has 1 aliphatic heterocycles. The van der Waals surface area contributed by atoms with Crippen LogP contribution in [-0.2, 0) is 9.79 Å². The molecule has 1 aliphatic rings. The molecule has 2 heterocycles. The van der Waals surface area contributed by atoms with E-state index >= 15 is 0 Å². The largest absolute Gasteiger partial charge is 0.394 e. The average Bonchev–Trinajstić information content (AvgIpc) is 2.84. The summed E-state index contributed by atoms with van der Waals surface area (Å²) in [5.74, 6) is 0. The van der Waals surface area contributed by atoms with Crippen molar-refractivity contribution in [1.82, 2.24) is 9.55 Å². The molecule has 2 aromatic rings. The third-order valence-electron chi connectivity index (χ3n) is 3.62. The fourth-order valence-corrected chi connectivity index (χ4v) is 3.88. The number of aromatic amines is 1. The number of hydrogen-bond acceptors (Lipinski definition) is 6. The van der Waals surface area contributed by atoms with E-state index in [0.29, 0.717) is 0 Å². The van der Waals surface area contributed by atoms with Crippen molar-refractivity contribution in [2.45, 2.75) is 28.6 Å². The zero-order valence-electron chi connectivity index (χ0n) is 12.1. The van der Waals surface area contributed by atoms with Gasteiger partial charge in [0.15, 0.2) is 0 Å². The van der Waals surface area contributed by atoms with Gasteiger partial charge in [-0.1, -0.05) is 30.0 Å². The van der Waals surface area contributed by atoms with E-state index in [4.69, 9.17) is 4.74 Å². The number of thioether (sulfide) groups is 1. The number of aliphatic hydroxyl groups excluding tert-OH is 2. The van der Waals surface area contributed by atoms with E-state index in [9.17, 15) is 19.8 Å². The highest BCUT2D eigenvalue weighted by Crippen LogP contribution is 2.46. The lowest BCUT2D eigenvalue weighted by Crippen LogP contribution is -2.42. The summed E-state index contributed by atoms with van der Waals surface area (Å²) in [4.78, 5) is 26.5. The summed E-state index contributed by atoms with van der Waals surface area (Å²) in [6.45, 7) is -0.365. The van der Waals surface area contributed by atoms with E-state index in [2.05, 4.69) is 4.98 Å². The van der Waals surface area contributed by atoms with E-state index in [1.165, 1.54) is 28.6 Å². The molecule has 0 amide bonds. The summed E-state index contributed by atoms with van der Waals surface area (Å²) in [5.41, 5.74) is -1.14. The minimum absolute atomic E-state index is 0.101. The standard InChI is InChI=1S/C15H16N2O5S/c18-9-12-11(19)8-15(22-12,23-10-4-2-1-3-5-10)17-7-6-13(20)16-14(17)21/h1-7,11-12,18-19H,8-9H2,(H,16,20,21)/t11-,12+,15-/m0/s1. The topological polar surface area (TPSA) is 105 Å². The molecular weight excluding hydrogens is 320 g/mol. The maximum absolute atomic E-state index is 12.2. The number of hydrogen-bond donors (Lipinski definition) is 3. The van der Waals surface area contributed by atoms with Gasteiger partial charge in [-0.25, -0.2) is 4.79 Å². The second-order valence-electron chi connectivity index (χ2n) is 5.22. The van der Waals surface area contributed by atoms with E-state index in [0.717, 1.165) is 4.90 Å². The fourth-order valence-electron chi connectivity index (χ4n) is 2.55. The molecule has 0 aliphatic carbocycles. The van der Waals surface area contributed by atoms with Crippen LogP contribution in [0.1, 0.15) is 6.42 Å². The van der Waals surface area contributed by atoms with Crippen molar-refractivity contribution >= 4 is 11.8 Å². The number of benzene rings is 1. The van der Waals surface area contributed by atoms with E-state index < -0.39 is 28.5 Å². The van der Waals surface area contributed by atoms with Crippen LogP contribution in [0, 0.1) is 0 Å². The number of ether oxygens (including phenoxy) is 1. The molecule has 7 nitrogen and oxygen atoms in total. The summed E-state index contributed by atoms with van der Waals surface area (Å²) in [6.07, 6.45) is -0.284. The van der Waals surface area contributed by atoms with Crippen molar-refractivity contribution in [3.8, 4) is 0 Å². The quantitative estimate of drug-likeness (QED) is 0.730. The van der Waals surface area contributed by atoms with Gasteiger partial charge in [-0.15, -0.1) is 0 Å². The van der Waals surface area contributed by atoms with E-state index in [1.54, 1.807) is 0 Å². The summed E-state index contributed by atoms with van der Waals surface area (Å²) < 4.78 is 7.07. The second kappa shape index (κ2) is 6.32. The first-order valence-electron chi connectivity index (χ1n) is 7.07. The van der Waals surface area contributed by atoms with Crippen LogP contribution >= 0.6 is 11.8 Å². The van der Waals surface area contributed by atoms with Crippen LogP contribution in [-0.4, -0.2) is 38.6 Å². The molecule has 0 unspecified atom stereocenters. The molecule has 0 spiro atoms. The lowest BCUT2D eigenvalue weighted by atomic mass is 10.2. The molecule has 1 fully saturated rings. The van der Waals surface area contributed by atoms with Crippen molar-refractivity contribution in [2.24, 2.45) is 0 Å². The Morgan fingerprint density at radius 2 is 2.04 bits per heavy atom. The third kappa shape index (κ3) is 3.11. The maximum atomic E-state index is 12.2. The molecule has 23 heavy (non-hydrogen) atoms. The number of nitrogens with one attached hydrogen (secondary N) is 1. The third-order valence-corrected chi connectivity index (χ3v) is 4.91. The summed E-state index contributed by atoms with van der Waals surface area (Å²) in [6, 6.07) is 10.5. The lowest BCUT2D eigenvalue weighted by Gasteiger charge is -2.30. The molecule has 0 bridgehead atoms. The van der Waals surface area contributed by atoms with Gasteiger partial charge in [0.2, 0.25) is 5.06 Å². The van der Waals surface area contributed by atoms with Gasteiger partial charge in [0.1, 0.15) is 6.10 Å². The molecule has 3 atom stereocenters. The molecular formula is C15H16N2O5S. The molecule has 1 aromatic heterocycles. The van der Waals surface area contributed by atoms with Gasteiger partial charge in [-0.3, -0.25) is 14.3 Å². The predicted octanol–water partition coefficient (Wildman–Crippen LogP) is 0.0813. The lowest BCUT2D eigenvalue weighted by molar-refractivity contribution is -0.0646. The van der Waals surface area contributed by atoms with Gasteiger partial charge in [0.05, 0.1) is 12.7 Å². The fraction of sp³-hybridized carbons (Fsp3) is 0.333. The predicted molar refractivity (Wildman–Crippen MR) is 84.2 cm³/mol. The monoisotopic (exact) mass is 336 g/mol. The molecule has 1 saturated heterocycles. The Kier molecular flexibility index (Phi) is 4.40. The summed E-state index contributed by atoms with van der Waals surface area (Å²) in [5, 5.41) is 18.2. The zero-order chi connectivity index (χ0) is 16.4. The maximum Gasteiger partial charge on any atom is 0.331 e. The van der Waals surface area contributed by atoms with Crippen molar-refractivity contribution in [1.29, 1.82) is 0 Å². The minimum Gasteiger partial charge on any atom is -0.394 e. The highest BCUT2D eigenvalue weighted by atomic mass is 32.2. The van der Waals surface area contributed by atoms with E-state index in [-0.39, 0.29) is 13.0 Å². The number of nitrogens with zero attached hydrogens (tertiary/aromatic N) is 1. The Bertz CT molecular complexity index is 790. The highest BCUT2D eigenvalue weighted by Gasteiger charge is 2.48. The number of H-pyrrole nitrogens is 1. The summed E-state index contributed by atoms with van der Waals surface area (Å²) >= 11 is 1.24. The molecule has 0 radical (unpaired) electrons. The van der Waals surface area contributed by atoms with Gasteiger partial charge in [0.25, 0.3) is 5.56 Å². The van der Waals surface area contributed by atoms with Crippen molar-refractivity contribution < 1.29 is 14.9 Å². The molecule has 3 rings (SSSR count). The SMILES string of the molecule is O=c1ccn([C@@]2(Sc3ccccc3)C[C@H](O)[C@@H](CO)O2)c(=O)[nH]1. The Morgan fingerprint density at radius 3 is 2.65 bits per heavy atom. The molecule has 0 saturated carbocycles. The van der Waals surface area contributed by atoms with Gasteiger partial charge < -0.3 is 14.9 Å². The van der Waals surface area contributed by atoms with Crippen molar-refractivity contribution in [3.63, 3.8) is 0 Å². The Labute approximate surface area is 135 Å². The van der Waals surface area contributed by atoms with Crippen LogP contribution in [0.5, 0.6) is 0 Å². The van der Waals surface area contributed by atoms with Gasteiger partial charge in [-0.2, -0.15) is 0 Å². The Balaban J connectivity index is 2.07.